The molecule has 3 heterocycles. The fraction of sp³-hybridized carbons (Fsp3) is 0.0909. The van der Waals surface area contributed by atoms with Crippen LogP contribution in [0.25, 0.3) is 27.6 Å². The fourth-order valence-corrected chi connectivity index (χ4v) is 3.98. The Kier molecular flexibility index (Phi) is 5.17. The second-order valence-electron chi connectivity index (χ2n) is 7.45. The highest BCUT2D eigenvalue weighted by molar-refractivity contribution is 6.35. The minimum absolute atomic E-state index is 0.0898. The van der Waals surface area contributed by atoms with Crippen molar-refractivity contribution in [3.63, 3.8) is 0 Å². The van der Waals surface area contributed by atoms with E-state index in [1.165, 1.54) is 29.1 Å². The van der Waals surface area contributed by atoms with Crippen LogP contribution in [0.15, 0.2) is 58.4 Å². The molecule has 0 saturated carbocycles. The number of nitrogens with one attached hydrogen (secondary N) is 2. The lowest BCUT2D eigenvalue weighted by Gasteiger charge is -2.20. The van der Waals surface area contributed by atoms with Crippen LogP contribution in [0.5, 0.6) is 0 Å². The summed E-state index contributed by atoms with van der Waals surface area (Å²) in [5, 5.41) is 3.58. The van der Waals surface area contributed by atoms with Crippen LogP contribution >= 0.6 is 11.6 Å². The summed E-state index contributed by atoms with van der Waals surface area (Å²) in [5.41, 5.74) is 5.58. The van der Waals surface area contributed by atoms with E-state index in [2.05, 4.69) is 30.2 Å². The molecule has 5 rings (SSSR count). The summed E-state index contributed by atoms with van der Waals surface area (Å²) in [6.07, 6.45) is 1.21. The number of H-pyrrole nitrogens is 1. The van der Waals surface area contributed by atoms with Crippen LogP contribution in [0.3, 0.4) is 0 Å². The van der Waals surface area contributed by atoms with Crippen molar-refractivity contribution >= 4 is 45.3 Å². The van der Waals surface area contributed by atoms with Crippen LogP contribution in [0.2, 0.25) is 5.02 Å². The molecular formula is C22H16ClFN8O2. The van der Waals surface area contributed by atoms with E-state index in [0.29, 0.717) is 5.52 Å². The Balaban J connectivity index is 1.74. The van der Waals surface area contributed by atoms with Gasteiger partial charge in [0.05, 0.1) is 34.0 Å². The van der Waals surface area contributed by atoms with Crippen LogP contribution in [0.4, 0.5) is 16.2 Å². The van der Waals surface area contributed by atoms with E-state index in [4.69, 9.17) is 17.3 Å². The molecule has 1 atom stereocenters. The molecule has 3 aromatic heterocycles. The van der Waals surface area contributed by atoms with Crippen molar-refractivity contribution in [3.8, 4) is 5.69 Å². The van der Waals surface area contributed by atoms with Crippen LogP contribution < -0.4 is 22.2 Å². The number of aromatic amines is 1. The number of hydrogen-bond donors (Lipinski definition) is 3. The summed E-state index contributed by atoms with van der Waals surface area (Å²) < 4.78 is 15.3. The van der Waals surface area contributed by atoms with E-state index in [-0.39, 0.29) is 44.7 Å². The number of aromatic nitrogens is 6. The second-order valence-corrected chi connectivity index (χ2v) is 7.86. The zero-order valence-corrected chi connectivity index (χ0v) is 18.3. The van der Waals surface area contributed by atoms with E-state index >= 15 is 0 Å². The van der Waals surface area contributed by atoms with Gasteiger partial charge in [-0.05, 0) is 37.3 Å². The average molecular weight is 479 g/mol. The number of benzene rings is 2. The van der Waals surface area contributed by atoms with Gasteiger partial charge in [-0.15, -0.1) is 0 Å². The first-order chi connectivity index (χ1) is 16.3. The minimum Gasteiger partial charge on any atom is -0.368 e. The number of nitrogen functional groups attached to an aromatic ring is 1. The average Bonchev–Trinajstić information content (AvgIpc) is 2.78. The van der Waals surface area contributed by atoms with Gasteiger partial charge in [-0.1, -0.05) is 23.7 Å². The van der Waals surface area contributed by atoms with Crippen molar-refractivity contribution in [3.05, 3.63) is 86.2 Å². The fourth-order valence-electron chi connectivity index (χ4n) is 3.73. The molecule has 0 bridgehead atoms. The van der Waals surface area contributed by atoms with Crippen molar-refractivity contribution in [2.75, 3.05) is 11.1 Å². The first-order valence-electron chi connectivity index (χ1n) is 10.1. The van der Waals surface area contributed by atoms with E-state index in [1.54, 1.807) is 31.2 Å². The van der Waals surface area contributed by atoms with Gasteiger partial charge in [-0.2, -0.15) is 9.97 Å². The van der Waals surface area contributed by atoms with Gasteiger partial charge in [-0.25, -0.2) is 14.4 Å². The number of rotatable bonds is 4. The van der Waals surface area contributed by atoms with Crippen molar-refractivity contribution in [1.29, 1.82) is 0 Å². The Labute approximate surface area is 195 Å². The summed E-state index contributed by atoms with van der Waals surface area (Å²) >= 11 is 6.30. The Morgan fingerprint density at radius 1 is 1.12 bits per heavy atom. The lowest BCUT2D eigenvalue weighted by atomic mass is 10.2. The molecule has 0 fully saturated rings. The standard InChI is InChI=1S/C22H16ClFN8O2/c1-10(28-18-16-17(30-22(25)31-18)26-9-27-20(16)33)19-29-14-7-3-6-13(23)15(14)21(34)32(19)12-5-2-4-11(24)8-12/h2-10H,1H3,(H4,25,26,27,28,30,31,33)/t10-/m0/s1. The Hall–Kier alpha value is -4.38. The molecule has 12 heteroatoms. The highest BCUT2D eigenvalue weighted by Gasteiger charge is 2.22. The summed E-state index contributed by atoms with van der Waals surface area (Å²) in [6.45, 7) is 1.71. The third-order valence-corrected chi connectivity index (χ3v) is 5.51. The normalized spacial score (nSPS) is 12.2. The van der Waals surface area contributed by atoms with Gasteiger partial charge >= 0.3 is 0 Å². The van der Waals surface area contributed by atoms with Gasteiger partial charge in [0.1, 0.15) is 22.8 Å². The molecule has 4 N–H and O–H groups in total. The lowest BCUT2D eigenvalue weighted by Crippen LogP contribution is -2.28. The number of halogens is 2. The molecule has 0 amide bonds. The van der Waals surface area contributed by atoms with Crippen molar-refractivity contribution in [2.24, 2.45) is 0 Å². The lowest BCUT2D eigenvalue weighted by molar-refractivity contribution is 0.624. The van der Waals surface area contributed by atoms with E-state index in [0.717, 1.165) is 0 Å². The molecule has 34 heavy (non-hydrogen) atoms. The summed E-state index contributed by atoms with van der Waals surface area (Å²) in [4.78, 5) is 45.2. The van der Waals surface area contributed by atoms with Crippen molar-refractivity contribution < 1.29 is 4.39 Å². The largest absolute Gasteiger partial charge is 0.368 e. The monoisotopic (exact) mass is 478 g/mol. The first kappa shape index (κ1) is 21.5. The Bertz CT molecular complexity index is 1700. The topological polar surface area (TPSA) is 144 Å². The predicted octanol–water partition coefficient (Wildman–Crippen LogP) is 2.96. The molecule has 10 nitrogen and oxygen atoms in total. The molecule has 170 valence electrons. The quantitative estimate of drug-likeness (QED) is 0.357. The van der Waals surface area contributed by atoms with Crippen LogP contribution in [0.1, 0.15) is 18.8 Å². The number of nitrogens with two attached hydrogens (primary N) is 1. The molecule has 0 spiro atoms. The Morgan fingerprint density at radius 2 is 1.91 bits per heavy atom. The predicted molar refractivity (Wildman–Crippen MR) is 127 cm³/mol. The number of anilines is 2. The third-order valence-electron chi connectivity index (χ3n) is 5.20. The van der Waals surface area contributed by atoms with E-state index < -0.39 is 23.0 Å². The molecule has 0 aliphatic carbocycles. The molecule has 0 unspecified atom stereocenters. The van der Waals surface area contributed by atoms with Crippen LogP contribution in [-0.4, -0.2) is 29.5 Å². The van der Waals surface area contributed by atoms with Gasteiger partial charge in [0.15, 0.2) is 5.65 Å². The Morgan fingerprint density at radius 3 is 2.71 bits per heavy atom. The number of hydrogen-bond acceptors (Lipinski definition) is 8. The first-order valence-corrected chi connectivity index (χ1v) is 10.5. The van der Waals surface area contributed by atoms with Crippen molar-refractivity contribution in [1.82, 2.24) is 29.5 Å². The maximum atomic E-state index is 14.1. The smallest absolute Gasteiger partial charge is 0.267 e. The molecule has 0 aliphatic rings. The summed E-state index contributed by atoms with van der Waals surface area (Å²) in [6, 6.07) is 9.77. The maximum absolute atomic E-state index is 14.1. The zero-order chi connectivity index (χ0) is 24.0. The van der Waals surface area contributed by atoms with Crippen LogP contribution in [0, 0.1) is 5.82 Å². The number of nitrogens with zero attached hydrogens (tertiary/aromatic N) is 5. The van der Waals surface area contributed by atoms with Gasteiger partial charge in [0.25, 0.3) is 11.1 Å². The van der Waals surface area contributed by atoms with Gasteiger partial charge in [-0.3, -0.25) is 14.2 Å². The van der Waals surface area contributed by atoms with Crippen LogP contribution in [-0.2, 0) is 0 Å². The number of fused-ring (bicyclic) bond motifs is 2. The highest BCUT2D eigenvalue weighted by Crippen LogP contribution is 2.26. The van der Waals surface area contributed by atoms with Crippen molar-refractivity contribution in [2.45, 2.75) is 13.0 Å². The van der Waals surface area contributed by atoms with E-state index in [9.17, 15) is 14.0 Å². The second kappa shape index (κ2) is 8.19. The van der Waals surface area contributed by atoms with Gasteiger partial charge < -0.3 is 16.0 Å². The summed E-state index contributed by atoms with van der Waals surface area (Å²) in [5.74, 6) is -0.282. The molecule has 2 aromatic carbocycles. The SMILES string of the molecule is C[C@H](Nc1nc(N)nc2nc[nH]c(=O)c12)c1nc2cccc(Cl)c2c(=O)n1-c1cccc(F)c1. The molecular weight excluding hydrogens is 463 g/mol. The highest BCUT2D eigenvalue weighted by atomic mass is 35.5. The summed E-state index contributed by atoms with van der Waals surface area (Å²) in [7, 11) is 0. The molecule has 0 aliphatic heterocycles. The van der Waals surface area contributed by atoms with Gasteiger partial charge in [0, 0.05) is 0 Å². The molecule has 0 radical (unpaired) electrons. The van der Waals surface area contributed by atoms with E-state index in [1.807, 2.05) is 0 Å². The minimum atomic E-state index is -0.698. The molecule has 5 aromatic rings. The maximum Gasteiger partial charge on any atom is 0.267 e. The van der Waals surface area contributed by atoms with Gasteiger partial charge in [0.2, 0.25) is 5.95 Å². The third kappa shape index (κ3) is 3.61. The molecule has 0 saturated heterocycles. The zero-order valence-electron chi connectivity index (χ0n) is 17.6.